The van der Waals surface area contributed by atoms with Crippen molar-refractivity contribution in [1.29, 1.82) is 0 Å². The molecule has 0 spiro atoms. The lowest BCUT2D eigenvalue weighted by Gasteiger charge is -2.36. The molecule has 0 bridgehead atoms. The van der Waals surface area contributed by atoms with E-state index in [-0.39, 0.29) is 5.54 Å². The average Bonchev–Trinajstić information content (AvgIpc) is 2.76. The van der Waals surface area contributed by atoms with E-state index in [0.29, 0.717) is 12.0 Å². The zero-order chi connectivity index (χ0) is 12.1. The third-order valence-electron chi connectivity index (χ3n) is 4.05. The predicted octanol–water partition coefficient (Wildman–Crippen LogP) is 0.770. The maximum atomic E-state index is 5.57. The van der Waals surface area contributed by atoms with Gasteiger partial charge in [-0.15, -0.1) is 0 Å². The van der Waals surface area contributed by atoms with Crippen LogP contribution in [0.2, 0.25) is 0 Å². The van der Waals surface area contributed by atoms with Crippen molar-refractivity contribution >= 4 is 0 Å². The van der Waals surface area contributed by atoms with Gasteiger partial charge in [-0.1, -0.05) is 6.92 Å². The van der Waals surface area contributed by atoms with Gasteiger partial charge in [0.2, 0.25) is 0 Å². The number of ether oxygens (including phenoxy) is 2. The first-order valence-corrected chi connectivity index (χ1v) is 6.87. The van der Waals surface area contributed by atoms with Gasteiger partial charge in [0, 0.05) is 37.3 Å². The number of rotatable bonds is 5. The average molecular weight is 242 g/mol. The van der Waals surface area contributed by atoms with E-state index in [1.807, 2.05) is 0 Å². The molecule has 2 saturated heterocycles. The van der Waals surface area contributed by atoms with Gasteiger partial charge in [-0.25, -0.2) is 0 Å². The van der Waals surface area contributed by atoms with E-state index in [9.17, 15) is 0 Å². The van der Waals surface area contributed by atoms with E-state index in [4.69, 9.17) is 9.47 Å². The van der Waals surface area contributed by atoms with Crippen molar-refractivity contribution in [2.45, 2.75) is 38.3 Å². The largest absolute Gasteiger partial charge is 0.381 e. The maximum absolute atomic E-state index is 5.57. The molecule has 4 heteroatoms. The lowest BCUT2D eigenvalue weighted by atomic mass is 9.91. The van der Waals surface area contributed by atoms with Crippen molar-refractivity contribution < 1.29 is 9.47 Å². The number of hydrogen-bond donors (Lipinski definition) is 2. The van der Waals surface area contributed by atoms with Crippen LogP contribution in [0, 0.1) is 5.92 Å². The van der Waals surface area contributed by atoms with Crippen molar-refractivity contribution in [1.82, 2.24) is 10.6 Å². The topological polar surface area (TPSA) is 42.5 Å². The highest BCUT2D eigenvalue weighted by Gasteiger charge is 2.31. The van der Waals surface area contributed by atoms with E-state index in [1.54, 1.807) is 0 Å². The molecule has 2 N–H and O–H groups in total. The molecule has 0 radical (unpaired) electrons. The fraction of sp³-hybridized carbons (Fsp3) is 1.00. The van der Waals surface area contributed by atoms with E-state index in [0.717, 1.165) is 52.4 Å². The summed E-state index contributed by atoms with van der Waals surface area (Å²) in [6.45, 7) is 10.1. The van der Waals surface area contributed by atoms with Crippen LogP contribution in [-0.2, 0) is 9.47 Å². The van der Waals surface area contributed by atoms with Crippen LogP contribution < -0.4 is 10.6 Å². The molecule has 2 heterocycles. The minimum Gasteiger partial charge on any atom is -0.381 e. The van der Waals surface area contributed by atoms with Crippen molar-refractivity contribution in [3.05, 3.63) is 0 Å². The second kappa shape index (κ2) is 6.14. The Morgan fingerprint density at radius 1 is 1.18 bits per heavy atom. The Balaban J connectivity index is 1.76. The minimum absolute atomic E-state index is 0.262. The van der Waals surface area contributed by atoms with Crippen LogP contribution in [0.5, 0.6) is 0 Å². The zero-order valence-electron chi connectivity index (χ0n) is 11.1. The quantitative estimate of drug-likeness (QED) is 0.747. The van der Waals surface area contributed by atoms with Crippen molar-refractivity contribution in [3.63, 3.8) is 0 Å². The van der Waals surface area contributed by atoms with Crippen molar-refractivity contribution in [2.24, 2.45) is 5.92 Å². The number of nitrogens with one attached hydrogen (secondary N) is 2. The van der Waals surface area contributed by atoms with Gasteiger partial charge in [-0.05, 0) is 26.3 Å². The Morgan fingerprint density at radius 3 is 2.65 bits per heavy atom. The fourth-order valence-corrected chi connectivity index (χ4v) is 2.66. The summed E-state index contributed by atoms with van der Waals surface area (Å²) in [5.74, 6) is 0.606. The Bertz CT molecular complexity index is 229. The van der Waals surface area contributed by atoms with Crippen LogP contribution in [-0.4, -0.2) is 51.1 Å². The number of likely N-dealkylation sites (N-methyl/N-ethyl adjacent to an activating group) is 1. The highest BCUT2D eigenvalue weighted by atomic mass is 16.5. The van der Waals surface area contributed by atoms with Crippen LogP contribution >= 0.6 is 0 Å². The predicted molar refractivity (Wildman–Crippen MR) is 68.2 cm³/mol. The molecule has 2 atom stereocenters. The van der Waals surface area contributed by atoms with Gasteiger partial charge in [-0.3, -0.25) is 0 Å². The SMILES string of the molecule is CCNC1COCC1CNC1(C)CCOCC1. The second-order valence-electron chi connectivity index (χ2n) is 5.52. The third-order valence-corrected chi connectivity index (χ3v) is 4.05. The Hall–Kier alpha value is -0.160. The molecule has 0 aromatic rings. The first kappa shape index (κ1) is 13.3. The smallest absolute Gasteiger partial charge is 0.0623 e. The minimum atomic E-state index is 0.262. The molecule has 2 rings (SSSR count). The van der Waals surface area contributed by atoms with Crippen molar-refractivity contribution in [2.75, 3.05) is 39.5 Å². The Kier molecular flexibility index (Phi) is 4.79. The van der Waals surface area contributed by atoms with Gasteiger partial charge in [0.25, 0.3) is 0 Å². The summed E-state index contributed by atoms with van der Waals surface area (Å²) in [6.07, 6.45) is 2.24. The van der Waals surface area contributed by atoms with E-state index >= 15 is 0 Å². The zero-order valence-corrected chi connectivity index (χ0v) is 11.1. The molecule has 17 heavy (non-hydrogen) atoms. The van der Waals surface area contributed by atoms with Gasteiger partial charge >= 0.3 is 0 Å². The van der Waals surface area contributed by atoms with E-state index in [1.165, 1.54) is 0 Å². The van der Waals surface area contributed by atoms with Crippen LogP contribution in [0.15, 0.2) is 0 Å². The molecule has 0 aliphatic carbocycles. The first-order chi connectivity index (χ1) is 8.23. The molecule has 0 aromatic heterocycles. The van der Waals surface area contributed by atoms with Gasteiger partial charge < -0.3 is 20.1 Å². The van der Waals surface area contributed by atoms with E-state index in [2.05, 4.69) is 24.5 Å². The highest BCUT2D eigenvalue weighted by Crippen LogP contribution is 2.21. The molecule has 0 amide bonds. The molecule has 2 aliphatic heterocycles. The van der Waals surface area contributed by atoms with E-state index < -0.39 is 0 Å². The molecule has 2 unspecified atom stereocenters. The molecular formula is C13H26N2O2. The van der Waals surface area contributed by atoms with Gasteiger partial charge in [0.1, 0.15) is 0 Å². The second-order valence-corrected chi connectivity index (χ2v) is 5.52. The fourth-order valence-electron chi connectivity index (χ4n) is 2.66. The highest BCUT2D eigenvalue weighted by molar-refractivity contribution is 4.89. The van der Waals surface area contributed by atoms with Crippen LogP contribution in [0.4, 0.5) is 0 Å². The van der Waals surface area contributed by atoms with Crippen molar-refractivity contribution in [3.8, 4) is 0 Å². The Labute approximate surface area is 104 Å². The monoisotopic (exact) mass is 242 g/mol. The lowest BCUT2D eigenvalue weighted by Crippen LogP contribution is -2.50. The third kappa shape index (κ3) is 3.65. The molecule has 2 fully saturated rings. The Morgan fingerprint density at radius 2 is 1.94 bits per heavy atom. The molecule has 2 aliphatic rings. The molecule has 0 aromatic carbocycles. The van der Waals surface area contributed by atoms with Crippen LogP contribution in [0.3, 0.4) is 0 Å². The lowest BCUT2D eigenvalue weighted by molar-refractivity contribution is 0.0432. The summed E-state index contributed by atoms with van der Waals surface area (Å²) in [5.41, 5.74) is 0.262. The van der Waals surface area contributed by atoms with Gasteiger partial charge in [0.15, 0.2) is 0 Å². The summed E-state index contributed by atoms with van der Waals surface area (Å²) in [6, 6.07) is 0.524. The van der Waals surface area contributed by atoms with Crippen LogP contribution in [0.1, 0.15) is 26.7 Å². The normalized spacial score (nSPS) is 32.8. The van der Waals surface area contributed by atoms with Gasteiger partial charge in [-0.2, -0.15) is 0 Å². The molecule has 100 valence electrons. The standard InChI is InChI=1S/C13H26N2O2/c1-3-14-12-10-17-9-11(12)8-15-13(2)4-6-16-7-5-13/h11-12,14-15H,3-10H2,1-2H3. The summed E-state index contributed by atoms with van der Waals surface area (Å²) in [5, 5.41) is 7.23. The maximum Gasteiger partial charge on any atom is 0.0623 e. The molecule has 4 nitrogen and oxygen atoms in total. The first-order valence-electron chi connectivity index (χ1n) is 6.87. The molecular weight excluding hydrogens is 216 g/mol. The van der Waals surface area contributed by atoms with Crippen LogP contribution in [0.25, 0.3) is 0 Å². The summed E-state index contributed by atoms with van der Waals surface area (Å²) in [7, 11) is 0. The summed E-state index contributed by atoms with van der Waals surface area (Å²) < 4.78 is 11.0. The summed E-state index contributed by atoms with van der Waals surface area (Å²) in [4.78, 5) is 0. The number of hydrogen-bond acceptors (Lipinski definition) is 4. The summed E-state index contributed by atoms with van der Waals surface area (Å²) >= 11 is 0. The molecule has 0 saturated carbocycles. The van der Waals surface area contributed by atoms with Gasteiger partial charge in [0.05, 0.1) is 13.2 Å².